The van der Waals surface area contributed by atoms with Crippen molar-refractivity contribution in [3.05, 3.63) is 83.4 Å². The monoisotopic (exact) mass is 388 g/mol. The predicted molar refractivity (Wildman–Crippen MR) is 117 cm³/mol. The van der Waals surface area contributed by atoms with Gasteiger partial charge in [0.2, 0.25) is 5.91 Å². The van der Waals surface area contributed by atoms with Crippen LogP contribution >= 0.6 is 0 Å². The second-order valence-electron chi connectivity index (χ2n) is 7.85. The Hall–Kier alpha value is -2.69. The number of rotatable bonds is 5. The lowest BCUT2D eigenvalue weighted by atomic mass is 9.99. The molecule has 150 valence electrons. The molecule has 1 unspecified atom stereocenters. The summed E-state index contributed by atoms with van der Waals surface area (Å²) < 4.78 is 5.65. The van der Waals surface area contributed by atoms with Gasteiger partial charge in [0.1, 0.15) is 6.04 Å². The number of nitrogens with one attached hydrogen (secondary N) is 1. The molecule has 4 rings (SSSR count). The summed E-state index contributed by atoms with van der Waals surface area (Å²) in [5.41, 5.74) is 3.60. The zero-order chi connectivity index (χ0) is 20.2. The Morgan fingerprint density at radius 3 is 2.69 bits per heavy atom. The van der Waals surface area contributed by atoms with Gasteiger partial charge in [-0.05, 0) is 35.7 Å². The highest BCUT2D eigenvalue weighted by atomic mass is 16.5. The fourth-order valence-corrected chi connectivity index (χ4v) is 4.01. The van der Waals surface area contributed by atoms with E-state index in [1.54, 1.807) is 0 Å². The number of carbonyl (C=O) groups is 1. The third kappa shape index (κ3) is 4.50. The first-order valence-electron chi connectivity index (χ1n) is 10.3. The van der Waals surface area contributed by atoms with Crippen LogP contribution in [0.15, 0.2) is 66.7 Å². The molecule has 3 aromatic carbocycles. The van der Waals surface area contributed by atoms with E-state index < -0.39 is 0 Å². The van der Waals surface area contributed by atoms with Crippen molar-refractivity contribution in [1.82, 2.24) is 10.2 Å². The van der Waals surface area contributed by atoms with Crippen molar-refractivity contribution in [1.29, 1.82) is 0 Å². The predicted octanol–water partition coefficient (Wildman–Crippen LogP) is 4.23. The van der Waals surface area contributed by atoms with Crippen LogP contribution in [-0.4, -0.2) is 36.6 Å². The number of carbonyl (C=O) groups excluding carboxylic acids is 1. The number of hydrogen-bond donors (Lipinski definition) is 1. The van der Waals surface area contributed by atoms with Gasteiger partial charge in [-0.25, -0.2) is 0 Å². The van der Waals surface area contributed by atoms with Gasteiger partial charge in [0.05, 0.1) is 19.3 Å². The standard InChI is InChI=1S/C25H28N2O2/c1-18-10-12-20(13-11-18)16-27-14-15-29-17-24(27)25(28)26-19(2)22-9-5-7-21-6-3-4-8-23(21)22/h3-13,19,24H,14-17H2,1-2H3,(H,26,28)/t19-,24?/m1/s1. The van der Waals surface area contributed by atoms with Gasteiger partial charge in [-0.2, -0.15) is 0 Å². The maximum Gasteiger partial charge on any atom is 0.240 e. The smallest absolute Gasteiger partial charge is 0.240 e. The van der Waals surface area contributed by atoms with E-state index in [1.165, 1.54) is 21.9 Å². The SMILES string of the molecule is Cc1ccc(CN2CCOCC2C(=O)N[C@H](C)c2cccc3ccccc23)cc1. The van der Waals surface area contributed by atoms with Crippen molar-refractivity contribution in [3.63, 3.8) is 0 Å². The summed E-state index contributed by atoms with van der Waals surface area (Å²) in [7, 11) is 0. The molecule has 1 amide bonds. The Morgan fingerprint density at radius 2 is 1.86 bits per heavy atom. The molecule has 29 heavy (non-hydrogen) atoms. The van der Waals surface area contributed by atoms with Gasteiger partial charge >= 0.3 is 0 Å². The Kier molecular flexibility index (Phi) is 5.93. The summed E-state index contributed by atoms with van der Waals surface area (Å²) in [6.07, 6.45) is 0. The fourth-order valence-electron chi connectivity index (χ4n) is 4.01. The van der Waals surface area contributed by atoms with Crippen LogP contribution in [0.25, 0.3) is 10.8 Å². The number of nitrogens with zero attached hydrogens (tertiary/aromatic N) is 1. The normalized spacial score (nSPS) is 18.5. The summed E-state index contributed by atoms with van der Waals surface area (Å²) in [5.74, 6) is 0.0252. The highest BCUT2D eigenvalue weighted by molar-refractivity contribution is 5.87. The maximum atomic E-state index is 13.1. The van der Waals surface area contributed by atoms with E-state index in [9.17, 15) is 4.79 Å². The average Bonchev–Trinajstić information content (AvgIpc) is 2.75. The van der Waals surface area contributed by atoms with E-state index in [2.05, 4.69) is 65.7 Å². The van der Waals surface area contributed by atoms with Gasteiger partial charge in [0.25, 0.3) is 0 Å². The molecule has 1 fully saturated rings. The number of hydrogen-bond acceptors (Lipinski definition) is 3. The van der Waals surface area contributed by atoms with Gasteiger partial charge in [0.15, 0.2) is 0 Å². The lowest BCUT2D eigenvalue weighted by Crippen LogP contribution is -2.53. The zero-order valence-electron chi connectivity index (χ0n) is 17.1. The molecule has 1 N–H and O–H groups in total. The summed E-state index contributed by atoms with van der Waals surface area (Å²) in [5, 5.41) is 5.59. The Labute approximate surface area is 172 Å². The van der Waals surface area contributed by atoms with Crippen molar-refractivity contribution in [3.8, 4) is 0 Å². The first kappa shape index (κ1) is 19.6. The van der Waals surface area contributed by atoms with Crippen LogP contribution in [0.4, 0.5) is 0 Å². The third-order valence-corrected chi connectivity index (χ3v) is 5.70. The van der Waals surface area contributed by atoms with Crippen molar-refractivity contribution >= 4 is 16.7 Å². The largest absolute Gasteiger partial charge is 0.378 e. The van der Waals surface area contributed by atoms with Crippen molar-refractivity contribution in [2.75, 3.05) is 19.8 Å². The number of fused-ring (bicyclic) bond motifs is 1. The minimum absolute atomic E-state index is 0.0252. The minimum Gasteiger partial charge on any atom is -0.378 e. The lowest BCUT2D eigenvalue weighted by Gasteiger charge is -2.35. The van der Waals surface area contributed by atoms with E-state index in [0.29, 0.717) is 13.2 Å². The zero-order valence-corrected chi connectivity index (χ0v) is 17.1. The van der Waals surface area contributed by atoms with Crippen LogP contribution in [0, 0.1) is 6.92 Å². The molecule has 4 heteroatoms. The van der Waals surface area contributed by atoms with Crippen molar-refractivity contribution in [2.45, 2.75) is 32.5 Å². The average molecular weight is 389 g/mol. The van der Waals surface area contributed by atoms with Crippen molar-refractivity contribution < 1.29 is 9.53 Å². The Bertz CT molecular complexity index is 978. The summed E-state index contributed by atoms with van der Waals surface area (Å²) in [6, 6.07) is 22.7. The summed E-state index contributed by atoms with van der Waals surface area (Å²) in [4.78, 5) is 15.4. The van der Waals surface area contributed by atoms with Crippen LogP contribution in [-0.2, 0) is 16.1 Å². The molecule has 0 radical (unpaired) electrons. The van der Waals surface area contributed by atoms with Gasteiger partial charge < -0.3 is 10.1 Å². The highest BCUT2D eigenvalue weighted by Gasteiger charge is 2.30. The molecule has 0 aromatic heterocycles. The maximum absolute atomic E-state index is 13.1. The van der Waals surface area contributed by atoms with Crippen LogP contribution in [0.1, 0.15) is 29.7 Å². The topological polar surface area (TPSA) is 41.6 Å². The molecule has 1 aliphatic rings. The number of aryl methyl sites for hydroxylation is 1. The molecule has 4 nitrogen and oxygen atoms in total. The molecule has 0 aliphatic carbocycles. The lowest BCUT2D eigenvalue weighted by molar-refractivity contribution is -0.133. The molecule has 1 heterocycles. The highest BCUT2D eigenvalue weighted by Crippen LogP contribution is 2.24. The van der Waals surface area contributed by atoms with Crippen LogP contribution in [0.5, 0.6) is 0 Å². The molecule has 1 saturated heterocycles. The number of morpholine rings is 1. The van der Waals surface area contributed by atoms with Gasteiger partial charge in [-0.1, -0.05) is 72.3 Å². The van der Waals surface area contributed by atoms with Gasteiger partial charge in [0, 0.05) is 13.1 Å². The molecule has 1 aliphatic heterocycles. The van der Waals surface area contributed by atoms with Crippen LogP contribution in [0.2, 0.25) is 0 Å². The van der Waals surface area contributed by atoms with E-state index in [-0.39, 0.29) is 18.0 Å². The third-order valence-electron chi connectivity index (χ3n) is 5.70. The summed E-state index contributed by atoms with van der Waals surface area (Å²) >= 11 is 0. The first-order chi connectivity index (χ1) is 14.1. The quantitative estimate of drug-likeness (QED) is 0.711. The molecular formula is C25H28N2O2. The molecule has 0 spiro atoms. The number of benzene rings is 3. The Balaban J connectivity index is 1.48. The molecule has 3 aromatic rings. The second-order valence-corrected chi connectivity index (χ2v) is 7.85. The van der Waals surface area contributed by atoms with E-state index in [0.717, 1.165) is 18.7 Å². The fraction of sp³-hybridized carbons (Fsp3) is 0.320. The van der Waals surface area contributed by atoms with Crippen LogP contribution < -0.4 is 5.32 Å². The number of ether oxygens (including phenoxy) is 1. The van der Waals surface area contributed by atoms with Gasteiger partial charge in [-0.15, -0.1) is 0 Å². The second kappa shape index (κ2) is 8.76. The molecule has 0 bridgehead atoms. The summed E-state index contributed by atoms with van der Waals surface area (Å²) in [6.45, 7) is 6.74. The molecule has 0 saturated carbocycles. The van der Waals surface area contributed by atoms with Gasteiger partial charge in [-0.3, -0.25) is 9.69 Å². The first-order valence-corrected chi connectivity index (χ1v) is 10.3. The van der Waals surface area contributed by atoms with Crippen molar-refractivity contribution in [2.24, 2.45) is 0 Å². The van der Waals surface area contributed by atoms with E-state index >= 15 is 0 Å². The van der Waals surface area contributed by atoms with E-state index in [1.807, 2.05) is 25.1 Å². The Morgan fingerprint density at radius 1 is 1.10 bits per heavy atom. The molecular weight excluding hydrogens is 360 g/mol. The van der Waals surface area contributed by atoms with Crippen LogP contribution in [0.3, 0.4) is 0 Å². The van der Waals surface area contributed by atoms with E-state index in [4.69, 9.17) is 4.74 Å². The molecule has 2 atom stereocenters. The number of amides is 1. The minimum atomic E-state index is -0.275.